The molecule has 2 rings (SSSR count). The third kappa shape index (κ3) is 7.26. The molecular weight excluding hydrogens is 457 g/mol. The van der Waals surface area contributed by atoms with Crippen molar-refractivity contribution in [2.45, 2.75) is 19.6 Å². The lowest BCUT2D eigenvalue weighted by atomic mass is 10.1. The van der Waals surface area contributed by atoms with Crippen LogP contribution in [0.15, 0.2) is 47.5 Å². The minimum Gasteiger partial charge on any atom is -0.493 e. The molecule has 27 heavy (non-hydrogen) atoms. The van der Waals surface area contributed by atoms with E-state index in [1.54, 1.807) is 21.3 Å². The number of methoxy groups -OCH3 is 3. The third-order valence-corrected chi connectivity index (χ3v) is 4.01. The van der Waals surface area contributed by atoms with Crippen LogP contribution < -0.4 is 20.5 Å². The van der Waals surface area contributed by atoms with Crippen LogP contribution in [0.5, 0.6) is 11.5 Å². The molecule has 0 radical (unpaired) electrons. The van der Waals surface area contributed by atoms with Gasteiger partial charge >= 0.3 is 0 Å². The molecule has 0 heterocycles. The van der Waals surface area contributed by atoms with E-state index in [2.05, 4.69) is 10.3 Å². The second-order valence-electron chi connectivity index (χ2n) is 5.77. The summed E-state index contributed by atoms with van der Waals surface area (Å²) in [5, 5.41) is 3.14. The largest absolute Gasteiger partial charge is 0.493 e. The third-order valence-electron chi connectivity index (χ3n) is 4.01. The standard InChI is InChI=1S/C20H27N3O3.HI/c1-24-14-17-7-5-4-6-16(17)13-23-20(21)22-11-10-15-8-9-18(25-2)19(12-15)26-3;/h4-9,12H,10-11,13-14H2,1-3H3,(H3,21,22,23);1H. The van der Waals surface area contributed by atoms with E-state index < -0.39 is 0 Å². The van der Waals surface area contributed by atoms with Crippen molar-refractivity contribution in [3.63, 3.8) is 0 Å². The van der Waals surface area contributed by atoms with Gasteiger partial charge in [0.2, 0.25) is 0 Å². The molecule has 0 spiro atoms. The normalized spacial score (nSPS) is 10.9. The first kappa shape index (κ1) is 23.0. The zero-order valence-corrected chi connectivity index (χ0v) is 18.4. The first-order valence-electron chi connectivity index (χ1n) is 8.48. The zero-order valence-electron chi connectivity index (χ0n) is 16.0. The van der Waals surface area contributed by atoms with Crippen LogP contribution in [-0.2, 0) is 24.3 Å². The first-order valence-corrected chi connectivity index (χ1v) is 8.48. The molecule has 148 valence electrons. The van der Waals surface area contributed by atoms with E-state index in [1.165, 1.54) is 0 Å². The van der Waals surface area contributed by atoms with E-state index in [4.69, 9.17) is 19.9 Å². The van der Waals surface area contributed by atoms with Gasteiger partial charge in [0.05, 0.1) is 27.4 Å². The lowest BCUT2D eigenvalue weighted by molar-refractivity contribution is 0.184. The number of benzene rings is 2. The van der Waals surface area contributed by atoms with Crippen LogP contribution in [0.3, 0.4) is 0 Å². The number of hydrogen-bond donors (Lipinski definition) is 2. The van der Waals surface area contributed by atoms with E-state index in [0.29, 0.717) is 25.7 Å². The molecule has 0 bridgehead atoms. The highest BCUT2D eigenvalue weighted by molar-refractivity contribution is 14.0. The van der Waals surface area contributed by atoms with E-state index in [-0.39, 0.29) is 24.0 Å². The van der Waals surface area contributed by atoms with Gasteiger partial charge < -0.3 is 25.3 Å². The predicted molar refractivity (Wildman–Crippen MR) is 119 cm³/mol. The van der Waals surface area contributed by atoms with Crippen LogP contribution >= 0.6 is 24.0 Å². The Morgan fingerprint density at radius 1 is 1.00 bits per heavy atom. The van der Waals surface area contributed by atoms with Crippen LogP contribution in [0.1, 0.15) is 16.7 Å². The molecule has 0 fully saturated rings. The van der Waals surface area contributed by atoms with Gasteiger partial charge in [-0.1, -0.05) is 30.3 Å². The maximum absolute atomic E-state index is 5.97. The molecule has 0 amide bonds. The number of aliphatic imine (C=N–C) groups is 1. The number of guanidine groups is 1. The number of halogens is 1. The van der Waals surface area contributed by atoms with Crippen molar-refractivity contribution in [1.29, 1.82) is 0 Å². The molecule has 2 aromatic rings. The first-order chi connectivity index (χ1) is 12.7. The molecule has 3 N–H and O–H groups in total. The Kier molecular flexibility index (Phi) is 10.6. The number of hydrogen-bond acceptors (Lipinski definition) is 4. The Hall–Kier alpha value is -2.00. The van der Waals surface area contributed by atoms with Gasteiger partial charge in [0.1, 0.15) is 0 Å². The van der Waals surface area contributed by atoms with E-state index in [9.17, 15) is 0 Å². The van der Waals surface area contributed by atoms with Gasteiger partial charge in [0, 0.05) is 13.7 Å². The highest BCUT2D eigenvalue weighted by atomic mass is 127. The second-order valence-corrected chi connectivity index (χ2v) is 5.77. The van der Waals surface area contributed by atoms with Crippen molar-refractivity contribution in [2.24, 2.45) is 10.7 Å². The highest BCUT2D eigenvalue weighted by Crippen LogP contribution is 2.27. The molecule has 7 heteroatoms. The Labute approximate surface area is 178 Å². The Morgan fingerprint density at radius 3 is 2.37 bits per heavy atom. The molecule has 0 unspecified atom stereocenters. The molecule has 2 aromatic carbocycles. The topological polar surface area (TPSA) is 78.1 Å². The monoisotopic (exact) mass is 485 g/mol. The fourth-order valence-corrected chi connectivity index (χ4v) is 2.61. The summed E-state index contributed by atoms with van der Waals surface area (Å²) in [6.45, 7) is 1.78. The summed E-state index contributed by atoms with van der Waals surface area (Å²) in [6, 6.07) is 13.9. The molecule has 0 atom stereocenters. The quantitative estimate of drug-likeness (QED) is 0.324. The summed E-state index contributed by atoms with van der Waals surface area (Å²) < 4.78 is 15.8. The number of rotatable bonds is 9. The lowest BCUT2D eigenvalue weighted by Crippen LogP contribution is -2.33. The number of nitrogens with zero attached hydrogens (tertiary/aromatic N) is 1. The van der Waals surface area contributed by atoms with Crippen LogP contribution in [0.2, 0.25) is 0 Å². The summed E-state index contributed by atoms with van der Waals surface area (Å²) in [4.78, 5) is 4.41. The minimum atomic E-state index is 0. The maximum atomic E-state index is 5.97. The Morgan fingerprint density at radius 2 is 1.70 bits per heavy atom. The molecule has 0 saturated heterocycles. The maximum Gasteiger partial charge on any atom is 0.188 e. The van der Waals surface area contributed by atoms with Crippen molar-refractivity contribution in [1.82, 2.24) is 5.32 Å². The minimum absolute atomic E-state index is 0. The smallest absolute Gasteiger partial charge is 0.188 e. The Balaban J connectivity index is 0.00000364. The second kappa shape index (κ2) is 12.4. The fraction of sp³-hybridized carbons (Fsp3) is 0.350. The molecular formula is C20H28IN3O3. The van der Waals surface area contributed by atoms with E-state index >= 15 is 0 Å². The molecule has 0 saturated carbocycles. The van der Waals surface area contributed by atoms with Crippen molar-refractivity contribution in [2.75, 3.05) is 27.9 Å². The van der Waals surface area contributed by atoms with Gasteiger partial charge in [0.15, 0.2) is 17.5 Å². The van der Waals surface area contributed by atoms with Gasteiger partial charge in [-0.25, -0.2) is 4.99 Å². The molecule has 0 aromatic heterocycles. The average Bonchev–Trinajstić information content (AvgIpc) is 2.67. The summed E-state index contributed by atoms with van der Waals surface area (Å²) in [5.41, 5.74) is 9.34. The predicted octanol–water partition coefficient (Wildman–Crippen LogP) is 3.12. The van der Waals surface area contributed by atoms with Gasteiger partial charge in [-0.15, -0.1) is 24.0 Å². The van der Waals surface area contributed by atoms with Crippen LogP contribution in [-0.4, -0.2) is 33.8 Å². The van der Waals surface area contributed by atoms with Gasteiger partial charge in [0.25, 0.3) is 0 Å². The summed E-state index contributed by atoms with van der Waals surface area (Å²) in [7, 11) is 4.94. The van der Waals surface area contributed by atoms with Crippen molar-refractivity contribution >= 4 is 29.9 Å². The zero-order chi connectivity index (χ0) is 18.8. The van der Waals surface area contributed by atoms with E-state index in [1.807, 2.05) is 42.5 Å². The summed E-state index contributed by atoms with van der Waals surface area (Å²) >= 11 is 0. The van der Waals surface area contributed by atoms with Gasteiger partial charge in [-0.3, -0.25) is 0 Å². The fourth-order valence-electron chi connectivity index (χ4n) is 2.61. The molecule has 0 aliphatic rings. The molecule has 6 nitrogen and oxygen atoms in total. The average molecular weight is 485 g/mol. The molecule has 0 aliphatic heterocycles. The highest BCUT2D eigenvalue weighted by Gasteiger charge is 2.05. The van der Waals surface area contributed by atoms with Crippen molar-refractivity contribution in [3.8, 4) is 11.5 Å². The summed E-state index contributed by atoms with van der Waals surface area (Å²) in [5.74, 6) is 1.87. The van der Waals surface area contributed by atoms with Crippen LogP contribution in [0, 0.1) is 0 Å². The number of ether oxygens (including phenoxy) is 3. The van der Waals surface area contributed by atoms with E-state index in [0.717, 1.165) is 34.6 Å². The molecule has 0 aliphatic carbocycles. The number of nitrogens with one attached hydrogen (secondary N) is 1. The van der Waals surface area contributed by atoms with Crippen LogP contribution in [0.25, 0.3) is 0 Å². The van der Waals surface area contributed by atoms with Gasteiger partial charge in [-0.05, 0) is 35.2 Å². The van der Waals surface area contributed by atoms with Crippen molar-refractivity contribution < 1.29 is 14.2 Å². The Bertz CT molecular complexity index is 738. The van der Waals surface area contributed by atoms with Crippen molar-refractivity contribution in [3.05, 3.63) is 59.2 Å². The summed E-state index contributed by atoms with van der Waals surface area (Å²) in [6.07, 6.45) is 0.802. The van der Waals surface area contributed by atoms with Crippen LogP contribution in [0.4, 0.5) is 0 Å². The van der Waals surface area contributed by atoms with Gasteiger partial charge in [-0.2, -0.15) is 0 Å². The lowest BCUT2D eigenvalue weighted by Gasteiger charge is -2.10. The number of nitrogens with two attached hydrogens (primary N) is 1. The SMILES string of the molecule is COCc1ccccc1CN=C(N)NCCc1ccc(OC)c(OC)c1.I.